The molecule has 1 unspecified atom stereocenters. The van der Waals surface area contributed by atoms with Crippen molar-refractivity contribution in [2.45, 2.75) is 5.82 Å². The lowest BCUT2D eigenvalue weighted by Gasteiger charge is -1.92. The fraction of sp³-hybridized carbons (Fsp3) is 0.500. The maximum Gasteiger partial charge on any atom is 0.471 e. The van der Waals surface area contributed by atoms with Gasteiger partial charge in [-0.3, -0.25) is 0 Å². The van der Waals surface area contributed by atoms with Gasteiger partial charge in [-0.25, -0.2) is 0 Å². The van der Waals surface area contributed by atoms with E-state index in [9.17, 15) is 0 Å². The van der Waals surface area contributed by atoms with Crippen LogP contribution in [0.5, 0.6) is 0 Å². The van der Waals surface area contributed by atoms with Crippen LogP contribution in [0.3, 0.4) is 0 Å². The molecule has 0 radical (unpaired) electrons. The molecule has 4 nitrogen and oxygen atoms in total. The van der Waals surface area contributed by atoms with Gasteiger partial charge >= 0.3 is 7.12 Å². The second-order valence-electron chi connectivity index (χ2n) is 1.98. The van der Waals surface area contributed by atoms with E-state index in [4.69, 9.17) is 10.0 Å². The number of hydrogen-bond acceptors (Lipinski definition) is 3. The molecule has 1 heterocycles. The largest absolute Gasteiger partial charge is 0.471 e. The van der Waals surface area contributed by atoms with Crippen molar-refractivity contribution in [1.29, 1.82) is 0 Å². The second-order valence-corrected chi connectivity index (χ2v) is 1.98. The lowest BCUT2D eigenvalue weighted by Crippen LogP contribution is -2.21. The van der Waals surface area contributed by atoms with Crippen LogP contribution in [0, 0.1) is 0 Å². The van der Waals surface area contributed by atoms with Gasteiger partial charge in [-0.05, 0) is 5.10 Å². The van der Waals surface area contributed by atoms with Gasteiger partial charge in [0.1, 0.15) is 5.82 Å². The molecular formula is C4H8BN2O2+. The van der Waals surface area contributed by atoms with Crippen LogP contribution >= 0.6 is 0 Å². The molecule has 9 heavy (non-hydrogen) atoms. The molecule has 0 aliphatic carbocycles. The van der Waals surface area contributed by atoms with Crippen molar-refractivity contribution in [3.05, 3.63) is 0 Å². The Morgan fingerprint density at radius 2 is 2.33 bits per heavy atom. The monoisotopic (exact) mass is 127 g/mol. The molecule has 0 amide bonds. The van der Waals surface area contributed by atoms with E-state index < -0.39 is 7.12 Å². The van der Waals surface area contributed by atoms with E-state index in [1.165, 1.54) is 6.21 Å². The Morgan fingerprint density at radius 3 is 2.56 bits per heavy atom. The maximum atomic E-state index is 8.58. The van der Waals surface area contributed by atoms with Crippen molar-refractivity contribution >= 4 is 19.5 Å². The van der Waals surface area contributed by atoms with Crippen LogP contribution in [0.15, 0.2) is 5.10 Å². The van der Waals surface area contributed by atoms with Gasteiger partial charge in [0, 0.05) is 0 Å². The zero-order valence-electron chi connectivity index (χ0n) is 5.10. The summed E-state index contributed by atoms with van der Waals surface area (Å²) in [5.74, 6) is -0.338. The van der Waals surface area contributed by atoms with Crippen molar-refractivity contribution < 1.29 is 14.7 Å². The van der Waals surface area contributed by atoms with Gasteiger partial charge in [-0.15, -0.1) is 0 Å². The molecule has 2 N–H and O–H groups in total. The molecule has 0 aromatic heterocycles. The average Bonchev–Trinajstić information content (AvgIpc) is 2.14. The Balaban J connectivity index is 2.59. The maximum absolute atomic E-state index is 8.58. The number of rotatable bonds is 1. The quantitative estimate of drug-likeness (QED) is 0.334. The van der Waals surface area contributed by atoms with Gasteiger partial charge in [-0.2, -0.15) is 0 Å². The van der Waals surface area contributed by atoms with Gasteiger partial charge in [0.2, 0.25) is 0 Å². The highest BCUT2D eigenvalue weighted by Gasteiger charge is 2.27. The van der Waals surface area contributed by atoms with Crippen molar-refractivity contribution in [1.82, 2.24) is 0 Å². The highest BCUT2D eigenvalue weighted by Crippen LogP contribution is 2.03. The third-order valence-corrected chi connectivity index (χ3v) is 1.15. The van der Waals surface area contributed by atoms with Crippen LogP contribution < -0.4 is 0 Å². The van der Waals surface area contributed by atoms with Crippen molar-refractivity contribution in [3.8, 4) is 0 Å². The molecular weight excluding hydrogens is 119 g/mol. The Labute approximate surface area is 53.3 Å². The van der Waals surface area contributed by atoms with Gasteiger partial charge in [-0.1, -0.05) is 4.68 Å². The van der Waals surface area contributed by atoms with Crippen molar-refractivity contribution in [2.24, 2.45) is 5.10 Å². The summed E-state index contributed by atoms with van der Waals surface area (Å²) in [5, 5.41) is 20.9. The second kappa shape index (κ2) is 2.28. The summed E-state index contributed by atoms with van der Waals surface area (Å²) >= 11 is 0. The average molecular weight is 127 g/mol. The molecule has 0 aromatic carbocycles. The molecule has 0 bridgehead atoms. The van der Waals surface area contributed by atoms with Crippen LogP contribution in [0.1, 0.15) is 0 Å². The Morgan fingerprint density at radius 1 is 1.67 bits per heavy atom. The van der Waals surface area contributed by atoms with E-state index in [0.717, 1.165) is 0 Å². The van der Waals surface area contributed by atoms with Crippen LogP contribution in [0.2, 0.25) is 5.82 Å². The van der Waals surface area contributed by atoms with E-state index in [-0.39, 0.29) is 5.82 Å². The minimum absolute atomic E-state index is 0.338. The summed E-state index contributed by atoms with van der Waals surface area (Å²) in [5.41, 5.74) is 0. The first-order chi connectivity index (χ1) is 4.20. The number of nitrogens with zero attached hydrogens (tertiary/aromatic N) is 2. The predicted molar refractivity (Wildman–Crippen MR) is 34.7 cm³/mol. The Hall–Kier alpha value is -0.675. The minimum atomic E-state index is -1.32. The van der Waals surface area contributed by atoms with Gasteiger partial charge in [0.15, 0.2) is 13.3 Å². The molecule has 1 aliphatic rings. The van der Waals surface area contributed by atoms with E-state index in [1.54, 1.807) is 17.9 Å². The highest BCUT2D eigenvalue weighted by atomic mass is 16.4. The number of hydrogen-bond donors (Lipinski definition) is 2. The summed E-state index contributed by atoms with van der Waals surface area (Å²) in [6.07, 6.45) is 3.12. The third-order valence-electron chi connectivity index (χ3n) is 1.15. The normalized spacial score (nSPS) is 24.3. The SMILES string of the molecule is C[N+]1=CC(B(O)O)C=N1. The molecule has 48 valence electrons. The lowest BCUT2D eigenvalue weighted by molar-refractivity contribution is -0.494. The zero-order chi connectivity index (χ0) is 6.85. The standard InChI is InChI=1S/C4H8BN2O2/c1-7-3-4(2-6-7)5(8)9/h2-4,8-9H,1H3/q+1. The first-order valence-corrected chi connectivity index (χ1v) is 2.68. The Kier molecular flexibility index (Phi) is 1.64. The van der Waals surface area contributed by atoms with Gasteiger partial charge in [0.25, 0.3) is 0 Å². The first kappa shape index (κ1) is 6.45. The fourth-order valence-electron chi connectivity index (χ4n) is 0.662. The molecule has 0 aromatic rings. The van der Waals surface area contributed by atoms with Crippen molar-refractivity contribution in [3.63, 3.8) is 0 Å². The molecule has 0 saturated heterocycles. The summed E-state index contributed by atoms with van der Waals surface area (Å²) in [6, 6.07) is 0. The summed E-state index contributed by atoms with van der Waals surface area (Å²) in [4.78, 5) is 0. The van der Waals surface area contributed by atoms with Crippen LogP contribution in [0.25, 0.3) is 0 Å². The molecule has 1 rings (SSSR count). The van der Waals surface area contributed by atoms with Gasteiger partial charge in [0.05, 0.1) is 6.21 Å². The molecule has 0 saturated carbocycles. The summed E-state index contributed by atoms with van der Waals surface area (Å²) in [7, 11) is 0.414. The van der Waals surface area contributed by atoms with Gasteiger partial charge < -0.3 is 10.0 Å². The smallest absolute Gasteiger partial charge is 0.426 e. The van der Waals surface area contributed by atoms with E-state index in [0.29, 0.717) is 0 Å². The molecule has 1 aliphatic heterocycles. The summed E-state index contributed by atoms with van der Waals surface area (Å²) in [6.45, 7) is 0. The molecule has 5 heteroatoms. The predicted octanol–water partition coefficient (Wildman–Crippen LogP) is -1.46. The summed E-state index contributed by atoms with van der Waals surface area (Å²) < 4.78 is 1.55. The minimum Gasteiger partial charge on any atom is -0.426 e. The lowest BCUT2D eigenvalue weighted by atomic mass is 9.75. The van der Waals surface area contributed by atoms with Crippen LogP contribution in [0.4, 0.5) is 0 Å². The molecule has 0 spiro atoms. The van der Waals surface area contributed by atoms with Crippen LogP contribution in [-0.2, 0) is 0 Å². The molecule has 0 fully saturated rings. The highest BCUT2D eigenvalue weighted by molar-refractivity contribution is 6.53. The van der Waals surface area contributed by atoms with Crippen molar-refractivity contribution in [2.75, 3.05) is 7.05 Å². The first-order valence-electron chi connectivity index (χ1n) is 2.68. The number of hydrazone groups is 1. The molecule has 1 atom stereocenters. The van der Waals surface area contributed by atoms with E-state index in [1.807, 2.05) is 0 Å². The van der Waals surface area contributed by atoms with E-state index in [2.05, 4.69) is 5.10 Å². The van der Waals surface area contributed by atoms with Crippen LogP contribution in [-0.4, -0.2) is 41.3 Å². The Bertz CT molecular complexity index is 166. The topological polar surface area (TPSA) is 55.8 Å². The fourth-order valence-corrected chi connectivity index (χ4v) is 0.662. The zero-order valence-corrected chi connectivity index (χ0v) is 5.10. The third kappa shape index (κ3) is 1.37. The van der Waals surface area contributed by atoms with E-state index >= 15 is 0 Å².